The molecule has 1 saturated carbocycles. The molecule has 3 atom stereocenters. The monoisotopic (exact) mass is 213 g/mol. The highest BCUT2D eigenvalue weighted by Crippen LogP contribution is 2.30. The Morgan fingerprint density at radius 2 is 1.80 bits per heavy atom. The maximum absolute atomic E-state index is 5.98. The number of rotatable bonds is 5. The van der Waals surface area contributed by atoms with E-state index in [1.54, 1.807) is 0 Å². The zero-order chi connectivity index (χ0) is 11.3. The second-order valence-corrected chi connectivity index (χ2v) is 5.33. The van der Waals surface area contributed by atoms with Crippen molar-refractivity contribution in [3.05, 3.63) is 0 Å². The van der Waals surface area contributed by atoms with Crippen molar-refractivity contribution in [1.29, 1.82) is 0 Å². The van der Waals surface area contributed by atoms with Crippen LogP contribution >= 0.6 is 0 Å². The summed E-state index contributed by atoms with van der Waals surface area (Å²) in [5.41, 5.74) is 0. The van der Waals surface area contributed by atoms with Gasteiger partial charge in [0.1, 0.15) is 0 Å². The quantitative estimate of drug-likeness (QED) is 0.758. The Balaban J connectivity index is 2.20. The lowest BCUT2D eigenvalue weighted by Gasteiger charge is -2.32. The average molecular weight is 213 g/mol. The van der Waals surface area contributed by atoms with Crippen LogP contribution in [0.1, 0.15) is 47.0 Å². The number of ether oxygens (including phenoxy) is 1. The summed E-state index contributed by atoms with van der Waals surface area (Å²) in [7, 11) is 0. The summed E-state index contributed by atoms with van der Waals surface area (Å²) >= 11 is 0. The second-order valence-electron chi connectivity index (χ2n) is 5.33. The molecule has 0 radical (unpaired) electrons. The highest BCUT2D eigenvalue weighted by Gasteiger charge is 2.24. The van der Waals surface area contributed by atoms with Crippen LogP contribution in [0.3, 0.4) is 0 Å². The van der Waals surface area contributed by atoms with Crippen LogP contribution in [-0.2, 0) is 4.74 Å². The van der Waals surface area contributed by atoms with Gasteiger partial charge in [-0.3, -0.25) is 0 Å². The summed E-state index contributed by atoms with van der Waals surface area (Å²) in [6.45, 7) is 10.9. The third-order valence-corrected chi connectivity index (χ3v) is 3.27. The molecule has 1 aliphatic rings. The van der Waals surface area contributed by atoms with Gasteiger partial charge in [-0.2, -0.15) is 0 Å². The number of hydrogen-bond donors (Lipinski definition) is 1. The number of likely N-dealkylation sites (N-methyl/N-ethyl adjacent to an activating group) is 1. The minimum atomic E-state index is 0.488. The molecule has 1 fully saturated rings. The van der Waals surface area contributed by atoms with Gasteiger partial charge in [0, 0.05) is 6.04 Å². The van der Waals surface area contributed by atoms with Gasteiger partial charge in [-0.1, -0.05) is 20.8 Å². The maximum Gasteiger partial charge on any atom is 0.0620 e. The first-order chi connectivity index (χ1) is 7.11. The van der Waals surface area contributed by atoms with E-state index < -0.39 is 0 Å². The van der Waals surface area contributed by atoms with Crippen LogP contribution in [0, 0.1) is 11.8 Å². The van der Waals surface area contributed by atoms with Gasteiger partial charge in [-0.15, -0.1) is 0 Å². The molecule has 1 aliphatic carbocycles. The lowest BCUT2D eigenvalue weighted by Crippen LogP contribution is -2.34. The fourth-order valence-corrected chi connectivity index (χ4v) is 2.70. The summed E-state index contributed by atoms with van der Waals surface area (Å²) in [4.78, 5) is 0. The average Bonchev–Trinajstić information content (AvgIpc) is 2.14. The van der Waals surface area contributed by atoms with E-state index in [1.165, 1.54) is 19.3 Å². The lowest BCUT2D eigenvalue weighted by atomic mass is 9.82. The largest absolute Gasteiger partial charge is 0.377 e. The van der Waals surface area contributed by atoms with E-state index in [0.717, 1.165) is 25.0 Å². The van der Waals surface area contributed by atoms with Crippen LogP contribution < -0.4 is 5.32 Å². The first kappa shape index (κ1) is 13.0. The maximum atomic E-state index is 5.98. The molecule has 0 spiro atoms. The number of hydrogen-bond acceptors (Lipinski definition) is 2. The zero-order valence-corrected chi connectivity index (χ0v) is 10.8. The molecule has 0 heterocycles. The predicted octanol–water partition coefficient (Wildman–Crippen LogP) is 2.83. The number of nitrogens with one attached hydrogen (secondary N) is 1. The van der Waals surface area contributed by atoms with Crippen molar-refractivity contribution in [2.75, 3.05) is 13.2 Å². The minimum absolute atomic E-state index is 0.488. The van der Waals surface area contributed by atoms with Gasteiger partial charge in [0.05, 0.1) is 12.7 Å². The Morgan fingerprint density at radius 3 is 2.33 bits per heavy atom. The van der Waals surface area contributed by atoms with Gasteiger partial charge in [0.2, 0.25) is 0 Å². The molecule has 0 aromatic rings. The smallest absolute Gasteiger partial charge is 0.0620 e. The van der Waals surface area contributed by atoms with E-state index in [0.29, 0.717) is 12.1 Å². The molecule has 0 aromatic carbocycles. The molecule has 0 aromatic heterocycles. The fraction of sp³-hybridized carbons (Fsp3) is 1.00. The molecule has 15 heavy (non-hydrogen) atoms. The molecular weight excluding hydrogens is 186 g/mol. The van der Waals surface area contributed by atoms with Crippen molar-refractivity contribution in [3.8, 4) is 0 Å². The predicted molar refractivity (Wildman–Crippen MR) is 65.1 cm³/mol. The molecule has 0 saturated heterocycles. The Hall–Kier alpha value is -0.0800. The molecule has 90 valence electrons. The molecule has 1 rings (SSSR count). The van der Waals surface area contributed by atoms with Crippen LogP contribution in [0.2, 0.25) is 0 Å². The van der Waals surface area contributed by atoms with Crippen molar-refractivity contribution in [2.24, 2.45) is 11.8 Å². The molecule has 0 amide bonds. The van der Waals surface area contributed by atoms with Gasteiger partial charge >= 0.3 is 0 Å². The van der Waals surface area contributed by atoms with Gasteiger partial charge in [0.15, 0.2) is 0 Å². The summed E-state index contributed by atoms with van der Waals surface area (Å²) in [6.07, 6.45) is 4.39. The standard InChI is InChI=1S/C13H27NO/c1-5-14-12(4)9-15-13-7-10(2)6-11(3)8-13/h10-14H,5-9H2,1-4H3. The van der Waals surface area contributed by atoms with Crippen molar-refractivity contribution < 1.29 is 4.74 Å². The second kappa shape index (κ2) is 6.49. The molecule has 2 heteroatoms. The highest BCUT2D eigenvalue weighted by molar-refractivity contribution is 4.75. The highest BCUT2D eigenvalue weighted by atomic mass is 16.5. The Labute approximate surface area is 94.8 Å². The van der Waals surface area contributed by atoms with Crippen molar-refractivity contribution in [1.82, 2.24) is 5.32 Å². The SMILES string of the molecule is CCNC(C)COC1CC(C)CC(C)C1. The fourth-order valence-electron chi connectivity index (χ4n) is 2.70. The Bertz CT molecular complexity index is 162. The molecular formula is C13H27NO. The van der Waals surface area contributed by atoms with Gasteiger partial charge in [-0.25, -0.2) is 0 Å². The van der Waals surface area contributed by atoms with Crippen molar-refractivity contribution in [2.45, 2.75) is 59.1 Å². The molecule has 0 aliphatic heterocycles. The zero-order valence-electron chi connectivity index (χ0n) is 10.8. The normalized spacial score (nSPS) is 34.0. The van der Waals surface area contributed by atoms with E-state index in [1.807, 2.05) is 0 Å². The minimum Gasteiger partial charge on any atom is -0.377 e. The van der Waals surface area contributed by atoms with E-state index in [2.05, 4.69) is 33.0 Å². The van der Waals surface area contributed by atoms with Gasteiger partial charge in [-0.05, 0) is 44.6 Å². The van der Waals surface area contributed by atoms with Crippen LogP contribution in [0.25, 0.3) is 0 Å². The summed E-state index contributed by atoms with van der Waals surface area (Å²) in [5, 5.41) is 3.38. The molecule has 2 nitrogen and oxygen atoms in total. The van der Waals surface area contributed by atoms with Gasteiger partial charge in [0.25, 0.3) is 0 Å². The lowest BCUT2D eigenvalue weighted by molar-refractivity contribution is -0.00683. The van der Waals surface area contributed by atoms with Crippen molar-refractivity contribution >= 4 is 0 Å². The van der Waals surface area contributed by atoms with E-state index in [4.69, 9.17) is 4.74 Å². The van der Waals surface area contributed by atoms with E-state index >= 15 is 0 Å². The van der Waals surface area contributed by atoms with Crippen LogP contribution in [0.5, 0.6) is 0 Å². The summed E-state index contributed by atoms with van der Waals surface area (Å²) < 4.78 is 5.98. The topological polar surface area (TPSA) is 21.3 Å². The third-order valence-electron chi connectivity index (χ3n) is 3.27. The molecule has 3 unspecified atom stereocenters. The summed E-state index contributed by atoms with van der Waals surface area (Å²) in [6, 6.07) is 0.488. The third kappa shape index (κ3) is 4.98. The Kier molecular flexibility index (Phi) is 5.62. The van der Waals surface area contributed by atoms with E-state index in [9.17, 15) is 0 Å². The first-order valence-corrected chi connectivity index (χ1v) is 6.46. The van der Waals surface area contributed by atoms with Crippen LogP contribution in [-0.4, -0.2) is 25.3 Å². The van der Waals surface area contributed by atoms with Gasteiger partial charge < -0.3 is 10.1 Å². The molecule has 0 bridgehead atoms. The van der Waals surface area contributed by atoms with Crippen molar-refractivity contribution in [3.63, 3.8) is 0 Å². The summed E-state index contributed by atoms with van der Waals surface area (Å²) in [5.74, 6) is 1.68. The first-order valence-electron chi connectivity index (χ1n) is 6.46. The van der Waals surface area contributed by atoms with Crippen LogP contribution in [0.15, 0.2) is 0 Å². The van der Waals surface area contributed by atoms with E-state index in [-0.39, 0.29) is 0 Å². The Morgan fingerprint density at radius 1 is 1.20 bits per heavy atom. The molecule has 1 N–H and O–H groups in total. The van der Waals surface area contributed by atoms with Crippen LogP contribution in [0.4, 0.5) is 0 Å².